The van der Waals surface area contributed by atoms with Crippen LogP contribution in [0.15, 0.2) is 18.2 Å². The van der Waals surface area contributed by atoms with Gasteiger partial charge in [-0.1, -0.05) is 29.3 Å². The first-order valence-corrected chi connectivity index (χ1v) is 5.42. The van der Waals surface area contributed by atoms with Crippen LogP contribution < -0.4 is 5.73 Å². The van der Waals surface area contributed by atoms with Crippen molar-refractivity contribution in [2.75, 3.05) is 0 Å². The summed E-state index contributed by atoms with van der Waals surface area (Å²) < 4.78 is 36.6. The Balaban J connectivity index is 0.00000289. The van der Waals surface area contributed by atoms with E-state index < -0.39 is 24.7 Å². The molecule has 2 nitrogen and oxygen atoms in total. The highest BCUT2D eigenvalue weighted by Crippen LogP contribution is 2.31. The summed E-state index contributed by atoms with van der Waals surface area (Å²) in [7, 11) is 0. The van der Waals surface area contributed by atoms with E-state index in [1.165, 1.54) is 18.2 Å². The number of rotatable bonds is 3. The molecule has 0 aliphatic carbocycles. The number of hydrogen-bond donors (Lipinski definition) is 2. The van der Waals surface area contributed by atoms with Crippen LogP contribution in [0.5, 0.6) is 0 Å². The topological polar surface area (TPSA) is 46.2 Å². The Labute approximate surface area is 118 Å². The van der Waals surface area contributed by atoms with Crippen LogP contribution in [0.25, 0.3) is 0 Å². The minimum absolute atomic E-state index is 0. The summed E-state index contributed by atoms with van der Waals surface area (Å²) in [6.07, 6.45) is -6.57. The number of hydrogen-bond acceptors (Lipinski definition) is 2. The molecule has 0 spiro atoms. The monoisotopic (exact) mass is 323 g/mol. The third-order valence-electron chi connectivity index (χ3n) is 2.22. The Kier molecular flexibility index (Phi) is 6.74. The molecule has 1 aromatic rings. The van der Waals surface area contributed by atoms with E-state index >= 15 is 0 Å². The first-order chi connectivity index (χ1) is 7.71. The largest absolute Gasteiger partial charge is 0.403 e. The molecule has 0 amide bonds. The molecule has 0 radical (unpaired) electrons. The third kappa shape index (κ3) is 4.82. The molecule has 1 rings (SSSR count). The van der Waals surface area contributed by atoms with Crippen molar-refractivity contribution in [1.29, 1.82) is 0 Å². The minimum atomic E-state index is -4.54. The van der Waals surface area contributed by atoms with Crippen molar-refractivity contribution >= 4 is 35.6 Å². The molecular weight excluding hydrogens is 313 g/mol. The number of alkyl halides is 3. The summed E-state index contributed by atoms with van der Waals surface area (Å²) in [6, 6.07) is 2.06. The smallest absolute Gasteiger partial charge is 0.388 e. The quantitative estimate of drug-likeness (QED) is 0.890. The van der Waals surface area contributed by atoms with Gasteiger partial charge in [0.25, 0.3) is 0 Å². The van der Waals surface area contributed by atoms with Crippen LogP contribution in [0.1, 0.15) is 18.1 Å². The standard InChI is InChI=1S/C10H10Cl2F3NO.ClH/c11-5-1-2-6(7(12)3-5)8(17)4-9(16)10(13,14)15;/h1-3,8-9,17H,4,16H2;1H/t8-,9+;/m1./s1. The maximum absolute atomic E-state index is 12.2. The molecular formula is C10H11Cl3F3NO. The third-order valence-corrected chi connectivity index (χ3v) is 2.78. The van der Waals surface area contributed by atoms with Crippen molar-refractivity contribution in [3.63, 3.8) is 0 Å². The Morgan fingerprint density at radius 2 is 1.83 bits per heavy atom. The summed E-state index contributed by atoms with van der Waals surface area (Å²) in [5, 5.41) is 10.1. The Morgan fingerprint density at radius 3 is 2.28 bits per heavy atom. The van der Waals surface area contributed by atoms with Crippen molar-refractivity contribution in [2.24, 2.45) is 5.73 Å². The van der Waals surface area contributed by atoms with Gasteiger partial charge in [-0.3, -0.25) is 0 Å². The number of nitrogens with two attached hydrogens (primary N) is 1. The molecule has 0 saturated heterocycles. The van der Waals surface area contributed by atoms with Gasteiger partial charge in [0, 0.05) is 16.5 Å². The first kappa shape index (κ1) is 17.8. The molecule has 0 bridgehead atoms. The van der Waals surface area contributed by atoms with Gasteiger partial charge in [-0.2, -0.15) is 13.2 Å². The molecule has 2 atom stereocenters. The molecule has 0 aliphatic heterocycles. The van der Waals surface area contributed by atoms with Crippen molar-refractivity contribution < 1.29 is 18.3 Å². The Hall–Kier alpha value is -0.200. The van der Waals surface area contributed by atoms with Crippen molar-refractivity contribution in [3.8, 4) is 0 Å². The van der Waals surface area contributed by atoms with E-state index in [-0.39, 0.29) is 23.0 Å². The summed E-state index contributed by atoms with van der Waals surface area (Å²) in [5.41, 5.74) is 5.09. The first-order valence-electron chi connectivity index (χ1n) is 4.67. The van der Waals surface area contributed by atoms with E-state index in [0.717, 1.165) is 0 Å². The van der Waals surface area contributed by atoms with E-state index in [0.29, 0.717) is 5.02 Å². The van der Waals surface area contributed by atoms with Crippen LogP contribution in [0, 0.1) is 0 Å². The summed E-state index contributed by atoms with van der Waals surface area (Å²) in [4.78, 5) is 0. The van der Waals surface area contributed by atoms with Crippen molar-refractivity contribution in [3.05, 3.63) is 33.8 Å². The minimum Gasteiger partial charge on any atom is -0.388 e. The molecule has 0 aromatic heterocycles. The van der Waals surface area contributed by atoms with Crippen molar-refractivity contribution in [1.82, 2.24) is 0 Å². The lowest BCUT2D eigenvalue weighted by Crippen LogP contribution is -2.38. The SMILES string of the molecule is Cl.N[C@@H](C[C@@H](O)c1ccc(Cl)cc1Cl)C(F)(F)F. The molecule has 104 valence electrons. The predicted octanol–water partition coefficient (Wildman–Crippen LogP) is 3.73. The van der Waals surface area contributed by atoms with Gasteiger partial charge < -0.3 is 10.8 Å². The fourth-order valence-corrected chi connectivity index (χ4v) is 1.81. The molecule has 0 heterocycles. The molecule has 3 N–H and O–H groups in total. The lowest BCUT2D eigenvalue weighted by atomic mass is 10.0. The van der Waals surface area contributed by atoms with Gasteiger partial charge in [-0.05, 0) is 17.7 Å². The van der Waals surface area contributed by atoms with Crippen LogP contribution in [-0.2, 0) is 0 Å². The highest BCUT2D eigenvalue weighted by Gasteiger charge is 2.38. The highest BCUT2D eigenvalue weighted by atomic mass is 35.5. The lowest BCUT2D eigenvalue weighted by molar-refractivity contribution is -0.153. The summed E-state index contributed by atoms with van der Waals surface area (Å²) in [5.74, 6) is 0. The second-order valence-electron chi connectivity index (χ2n) is 3.57. The molecule has 0 aliphatic rings. The molecule has 8 heteroatoms. The average molecular weight is 325 g/mol. The van der Waals surface area contributed by atoms with Gasteiger partial charge in [-0.15, -0.1) is 12.4 Å². The maximum Gasteiger partial charge on any atom is 0.403 e. The predicted molar refractivity (Wildman–Crippen MR) is 67.3 cm³/mol. The number of aliphatic hydroxyl groups excluding tert-OH is 1. The van der Waals surface area contributed by atoms with Gasteiger partial charge in [0.05, 0.1) is 6.10 Å². The summed E-state index contributed by atoms with van der Waals surface area (Å²) in [6.45, 7) is 0. The number of halogens is 6. The van der Waals surface area contributed by atoms with E-state index in [1.54, 1.807) is 0 Å². The van der Waals surface area contributed by atoms with Crippen LogP contribution in [0.4, 0.5) is 13.2 Å². The van der Waals surface area contributed by atoms with Crippen LogP contribution >= 0.6 is 35.6 Å². The van der Waals surface area contributed by atoms with Crippen LogP contribution in [0.2, 0.25) is 10.0 Å². The Morgan fingerprint density at radius 1 is 1.28 bits per heavy atom. The second kappa shape index (κ2) is 6.82. The van der Waals surface area contributed by atoms with E-state index in [1.807, 2.05) is 0 Å². The summed E-state index contributed by atoms with van der Waals surface area (Å²) >= 11 is 11.4. The molecule has 18 heavy (non-hydrogen) atoms. The van der Waals surface area contributed by atoms with Gasteiger partial charge in [0.2, 0.25) is 0 Å². The molecule has 1 aromatic carbocycles. The number of benzene rings is 1. The van der Waals surface area contributed by atoms with Crippen LogP contribution in [-0.4, -0.2) is 17.3 Å². The van der Waals surface area contributed by atoms with Gasteiger partial charge in [-0.25, -0.2) is 0 Å². The van der Waals surface area contributed by atoms with Gasteiger partial charge in [0.15, 0.2) is 0 Å². The molecule has 0 saturated carbocycles. The maximum atomic E-state index is 12.2. The zero-order chi connectivity index (χ0) is 13.2. The van der Waals surface area contributed by atoms with Gasteiger partial charge >= 0.3 is 6.18 Å². The highest BCUT2D eigenvalue weighted by molar-refractivity contribution is 6.35. The fraction of sp³-hybridized carbons (Fsp3) is 0.400. The zero-order valence-electron chi connectivity index (χ0n) is 8.92. The Bertz CT molecular complexity index is 400. The molecule has 0 fully saturated rings. The van der Waals surface area contributed by atoms with E-state index in [4.69, 9.17) is 28.9 Å². The van der Waals surface area contributed by atoms with E-state index in [9.17, 15) is 18.3 Å². The average Bonchev–Trinajstić information content (AvgIpc) is 2.15. The van der Waals surface area contributed by atoms with Crippen molar-refractivity contribution in [2.45, 2.75) is 24.7 Å². The zero-order valence-corrected chi connectivity index (χ0v) is 11.2. The molecule has 0 unspecified atom stereocenters. The van der Waals surface area contributed by atoms with Crippen LogP contribution in [0.3, 0.4) is 0 Å². The van der Waals surface area contributed by atoms with E-state index in [2.05, 4.69) is 0 Å². The lowest BCUT2D eigenvalue weighted by Gasteiger charge is -2.20. The normalized spacial score (nSPS) is 14.8. The second-order valence-corrected chi connectivity index (χ2v) is 4.41. The number of aliphatic hydroxyl groups is 1. The van der Waals surface area contributed by atoms with Gasteiger partial charge in [0.1, 0.15) is 6.04 Å². The fourth-order valence-electron chi connectivity index (χ4n) is 1.27.